The van der Waals surface area contributed by atoms with Crippen LogP contribution in [0.3, 0.4) is 0 Å². The van der Waals surface area contributed by atoms with Crippen LogP contribution in [0.1, 0.15) is 34.1 Å². The molecule has 1 saturated heterocycles. The third-order valence-electron chi connectivity index (χ3n) is 3.65. The van der Waals surface area contributed by atoms with Gasteiger partial charge in [0.25, 0.3) is 5.91 Å². The standard InChI is InChI=1S/C15H16BrN3O2/c1-9-2-4-18-13(9)15(20)19-12-3-5-21-14(12)10-6-11(16)8-17-7-10/h2,4,6-8,12,14,18H,3,5H2,1H3,(H,19,20)/t12-,14+/m0/s1. The minimum Gasteiger partial charge on any atom is -0.371 e. The van der Waals surface area contributed by atoms with Crippen LogP contribution in [0.2, 0.25) is 0 Å². The average molecular weight is 350 g/mol. The van der Waals surface area contributed by atoms with Gasteiger partial charge in [-0.15, -0.1) is 0 Å². The molecule has 3 heterocycles. The van der Waals surface area contributed by atoms with Crippen molar-refractivity contribution in [2.75, 3.05) is 6.61 Å². The van der Waals surface area contributed by atoms with E-state index in [2.05, 4.69) is 31.2 Å². The van der Waals surface area contributed by atoms with Gasteiger partial charge in [-0.2, -0.15) is 0 Å². The lowest BCUT2D eigenvalue weighted by atomic mass is 10.0. The molecule has 1 aliphatic rings. The second kappa shape index (κ2) is 5.99. The van der Waals surface area contributed by atoms with Crippen molar-refractivity contribution >= 4 is 21.8 Å². The second-order valence-corrected chi connectivity index (χ2v) is 6.05. The molecule has 1 amide bonds. The number of ether oxygens (including phenoxy) is 1. The predicted molar refractivity (Wildman–Crippen MR) is 82.0 cm³/mol. The van der Waals surface area contributed by atoms with Gasteiger partial charge in [0.05, 0.1) is 6.04 Å². The Morgan fingerprint density at radius 2 is 2.38 bits per heavy atom. The summed E-state index contributed by atoms with van der Waals surface area (Å²) in [7, 11) is 0. The van der Waals surface area contributed by atoms with E-state index in [0.717, 1.165) is 22.0 Å². The Kier molecular flexibility index (Phi) is 4.07. The molecule has 2 atom stereocenters. The maximum Gasteiger partial charge on any atom is 0.268 e. The zero-order chi connectivity index (χ0) is 14.8. The molecule has 1 fully saturated rings. The van der Waals surface area contributed by atoms with Gasteiger partial charge in [-0.3, -0.25) is 9.78 Å². The Morgan fingerprint density at radius 1 is 1.52 bits per heavy atom. The minimum absolute atomic E-state index is 0.0451. The van der Waals surface area contributed by atoms with Crippen molar-refractivity contribution in [1.82, 2.24) is 15.3 Å². The first-order chi connectivity index (χ1) is 10.1. The van der Waals surface area contributed by atoms with E-state index in [1.165, 1.54) is 0 Å². The maximum absolute atomic E-state index is 12.3. The number of aromatic amines is 1. The number of H-pyrrole nitrogens is 1. The summed E-state index contributed by atoms with van der Waals surface area (Å²) < 4.78 is 6.67. The fourth-order valence-electron chi connectivity index (χ4n) is 2.58. The Bertz CT molecular complexity index is 656. The summed E-state index contributed by atoms with van der Waals surface area (Å²) in [5, 5.41) is 3.05. The van der Waals surface area contributed by atoms with Crippen LogP contribution >= 0.6 is 15.9 Å². The molecular weight excluding hydrogens is 334 g/mol. The second-order valence-electron chi connectivity index (χ2n) is 5.13. The van der Waals surface area contributed by atoms with E-state index >= 15 is 0 Å². The first-order valence-electron chi connectivity index (χ1n) is 6.82. The number of aromatic nitrogens is 2. The zero-order valence-corrected chi connectivity index (χ0v) is 13.2. The topological polar surface area (TPSA) is 67.0 Å². The lowest BCUT2D eigenvalue weighted by Gasteiger charge is -2.20. The van der Waals surface area contributed by atoms with Crippen molar-refractivity contribution < 1.29 is 9.53 Å². The van der Waals surface area contributed by atoms with Crippen molar-refractivity contribution in [3.63, 3.8) is 0 Å². The Hall–Kier alpha value is -1.66. The third-order valence-corrected chi connectivity index (χ3v) is 4.08. The highest BCUT2D eigenvalue weighted by Gasteiger charge is 2.31. The summed E-state index contributed by atoms with van der Waals surface area (Å²) in [4.78, 5) is 19.4. The molecule has 0 aliphatic carbocycles. The third kappa shape index (κ3) is 3.01. The molecule has 110 valence electrons. The van der Waals surface area contributed by atoms with Gasteiger partial charge in [0.15, 0.2) is 0 Å². The largest absolute Gasteiger partial charge is 0.371 e. The molecule has 21 heavy (non-hydrogen) atoms. The SMILES string of the molecule is Cc1cc[nH]c1C(=O)N[C@H]1CCO[C@@H]1c1cncc(Br)c1. The number of hydrogen-bond donors (Lipinski definition) is 2. The fourth-order valence-corrected chi connectivity index (χ4v) is 2.96. The highest BCUT2D eigenvalue weighted by Crippen LogP contribution is 2.30. The highest BCUT2D eigenvalue weighted by atomic mass is 79.9. The molecule has 2 N–H and O–H groups in total. The molecule has 1 aliphatic heterocycles. The lowest BCUT2D eigenvalue weighted by Crippen LogP contribution is -2.37. The number of halogens is 1. The molecule has 0 unspecified atom stereocenters. The van der Waals surface area contributed by atoms with Crippen molar-refractivity contribution in [2.24, 2.45) is 0 Å². The van der Waals surface area contributed by atoms with E-state index in [4.69, 9.17) is 4.74 Å². The molecule has 6 heteroatoms. The monoisotopic (exact) mass is 349 g/mol. The molecule has 3 rings (SSSR count). The van der Waals surface area contributed by atoms with Crippen LogP contribution in [0.25, 0.3) is 0 Å². The molecule has 2 aromatic rings. The molecule has 5 nitrogen and oxygen atoms in total. The number of pyridine rings is 1. The van der Waals surface area contributed by atoms with Crippen LogP contribution in [-0.4, -0.2) is 28.5 Å². The molecule has 0 bridgehead atoms. The van der Waals surface area contributed by atoms with Gasteiger partial charge in [0.2, 0.25) is 0 Å². The van der Waals surface area contributed by atoms with Crippen molar-refractivity contribution in [3.8, 4) is 0 Å². The number of carbonyl (C=O) groups excluding carboxylic acids is 1. The van der Waals surface area contributed by atoms with Crippen LogP contribution in [-0.2, 0) is 4.74 Å². The number of hydrogen-bond acceptors (Lipinski definition) is 3. The van der Waals surface area contributed by atoms with Gasteiger partial charge in [-0.25, -0.2) is 0 Å². The zero-order valence-electron chi connectivity index (χ0n) is 11.6. The molecule has 0 aromatic carbocycles. The van der Waals surface area contributed by atoms with Gasteiger partial charge >= 0.3 is 0 Å². The lowest BCUT2D eigenvalue weighted by molar-refractivity contribution is 0.0817. The molecule has 0 spiro atoms. The van der Waals surface area contributed by atoms with Gasteiger partial charge in [0.1, 0.15) is 11.8 Å². The number of carbonyl (C=O) groups is 1. The van der Waals surface area contributed by atoms with Gasteiger partial charge in [-0.05, 0) is 47.0 Å². The summed E-state index contributed by atoms with van der Waals surface area (Å²) in [6, 6.07) is 3.81. The molecule has 2 aromatic heterocycles. The number of nitrogens with one attached hydrogen (secondary N) is 2. The van der Waals surface area contributed by atoms with Crippen LogP contribution in [0.4, 0.5) is 0 Å². The van der Waals surface area contributed by atoms with Crippen LogP contribution in [0.5, 0.6) is 0 Å². The Morgan fingerprint density at radius 3 is 3.10 bits per heavy atom. The smallest absolute Gasteiger partial charge is 0.268 e. The van der Waals surface area contributed by atoms with E-state index in [0.29, 0.717) is 12.3 Å². The van der Waals surface area contributed by atoms with E-state index < -0.39 is 0 Å². The van der Waals surface area contributed by atoms with E-state index in [1.54, 1.807) is 18.6 Å². The summed E-state index contributed by atoms with van der Waals surface area (Å²) >= 11 is 3.41. The number of rotatable bonds is 3. The molecular formula is C15H16BrN3O2. The average Bonchev–Trinajstić information content (AvgIpc) is 3.07. The van der Waals surface area contributed by atoms with Gasteiger partial charge in [-0.1, -0.05) is 0 Å². The minimum atomic E-state index is -0.158. The van der Waals surface area contributed by atoms with Crippen molar-refractivity contribution in [3.05, 3.63) is 52.0 Å². The Labute approximate surface area is 131 Å². The van der Waals surface area contributed by atoms with E-state index in [-0.39, 0.29) is 18.1 Å². The van der Waals surface area contributed by atoms with E-state index in [1.807, 2.05) is 19.1 Å². The normalized spacial score (nSPS) is 21.4. The van der Waals surface area contributed by atoms with E-state index in [9.17, 15) is 4.79 Å². The first kappa shape index (κ1) is 14.3. The first-order valence-corrected chi connectivity index (χ1v) is 7.61. The summed E-state index contributed by atoms with van der Waals surface area (Å²) in [5.74, 6) is -0.0963. The van der Waals surface area contributed by atoms with Crippen molar-refractivity contribution in [2.45, 2.75) is 25.5 Å². The molecule has 0 radical (unpaired) electrons. The predicted octanol–water partition coefficient (Wildman–Crippen LogP) is 2.74. The van der Waals surface area contributed by atoms with Gasteiger partial charge in [0, 0.05) is 35.2 Å². The number of nitrogens with zero attached hydrogens (tertiary/aromatic N) is 1. The molecule has 0 saturated carbocycles. The number of amides is 1. The summed E-state index contributed by atoms with van der Waals surface area (Å²) in [6.07, 6.45) is 5.91. The number of aryl methyl sites for hydroxylation is 1. The van der Waals surface area contributed by atoms with Crippen LogP contribution < -0.4 is 5.32 Å². The highest BCUT2D eigenvalue weighted by molar-refractivity contribution is 9.10. The fraction of sp³-hybridized carbons (Fsp3) is 0.333. The maximum atomic E-state index is 12.3. The quantitative estimate of drug-likeness (QED) is 0.895. The van der Waals surface area contributed by atoms with Crippen LogP contribution in [0.15, 0.2) is 35.2 Å². The van der Waals surface area contributed by atoms with Crippen LogP contribution in [0, 0.1) is 6.92 Å². The summed E-state index contributed by atoms with van der Waals surface area (Å²) in [5.41, 5.74) is 2.51. The van der Waals surface area contributed by atoms with Crippen molar-refractivity contribution in [1.29, 1.82) is 0 Å². The summed E-state index contributed by atoms with van der Waals surface area (Å²) in [6.45, 7) is 2.54. The van der Waals surface area contributed by atoms with Gasteiger partial charge < -0.3 is 15.0 Å². The Balaban J connectivity index is 1.76.